The van der Waals surface area contributed by atoms with Gasteiger partial charge >= 0.3 is 0 Å². The first kappa shape index (κ1) is 28.1. The molecule has 3 rings (SSSR count). The highest BCUT2D eigenvalue weighted by Crippen LogP contribution is 2.37. The van der Waals surface area contributed by atoms with Gasteiger partial charge in [-0.3, -0.25) is 0 Å². The van der Waals surface area contributed by atoms with Crippen LogP contribution in [0.4, 0.5) is 0 Å². The molecule has 0 N–H and O–H groups in total. The zero-order chi connectivity index (χ0) is 26.0. The van der Waals surface area contributed by atoms with E-state index >= 15 is 0 Å². The number of benzene rings is 3. The van der Waals surface area contributed by atoms with Crippen LogP contribution >= 0.6 is 0 Å². The lowest BCUT2D eigenvalue weighted by Gasteiger charge is -2.43. The van der Waals surface area contributed by atoms with Gasteiger partial charge in [-0.15, -0.1) is 0 Å². The van der Waals surface area contributed by atoms with Crippen molar-refractivity contribution in [2.24, 2.45) is 5.92 Å². The Kier molecular flexibility index (Phi) is 10.3. The predicted molar refractivity (Wildman–Crippen MR) is 156 cm³/mol. The first-order chi connectivity index (χ1) is 17.3. The molecule has 0 heterocycles. The lowest BCUT2D eigenvalue weighted by molar-refractivity contribution is 0.0617. The molecule has 0 spiro atoms. The predicted octanol–water partition coefficient (Wildman–Crippen LogP) is 7.53. The minimum Gasteiger partial charge on any atom is -0.407 e. The Hall–Kier alpha value is -2.46. The van der Waals surface area contributed by atoms with Gasteiger partial charge in [-0.05, 0) is 52.2 Å². The Labute approximate surface area is 220 Å². The topological polar surface area (TPSA) is 18.5 Å². The van der Waals surface area contributed by atoms with Crippen LogP contribution in [0.3, 0.4) is 0 Å². The number of rotatable bonds is 12. The Balaban J connectivity index is 1.72. The third kappa shape index (κ3) is 7.06. The summed E-state index contributed by atoms with van der Waals surface area (Å²) < 4.78 is 13.4. The van der Waals surface area contributed by atoms with Gasteiger partial charge in [0.25, 0.3) is 8.32 Å². The monoisotopic (exact) mass is 500 g/mol. The zero-order valence-corrected chi connectivity index (χ0v) is 24.0. The molecule has 2 nitrogen and oxygen atoms in total. The van der Waals surface area contributed by atoms with E-state index < -0.39 is 8.32 Å². The fraction of sp³-hybridized carbons (Fsp3) is 0.394. The average Bonchev–Trinajstić information content (AvgIpc) is 2.89. The molecule has 0 amide bonds. The Morgan fingerprint density at radius 1 is 0.833 bits per heavy atom. The molecule has 0 radical (unpaired) electrons. The largest absolute Gasteiger partial charge is 0.407 e. The van der Waals surface area contributed by atoms with Gasteiger partial charge in [0, 0.05) is 6.61 Å². The molecule has 0 aliphatic rings. The first-order valence-electron chi connectivity index (χ1n) is 13.3. The van der Waals surface area contributed by atoms with Crippen LogP contribution in [0.25, 0.3) is 0 Å². The summed E-state index contributed by atoms with van der Waals surface area (Å²) in [4.78, 5) is 0. The van der Waals surface area contributed by atoms with E-state index in [1.54, 1.807) is 0 Å². The summed E-state index contributed by atoms with van der Waals surface area (Å²) in [5.74, 6) is 0.410. The molecule has 0 aromatic heterocycles. The van der Waals surface area contributed by atoms with Crippen LogP contribution in [0.2, 0.25) is 5.04 Å². The fourth-order valence-corrected chi connectivity index (χ4v) is 9.65. The van der Waals surface area contributed by atoms with Crippen molar-refractivity contribution in [3.63, 3.8) is 0 Å². The van der Waals surface area contributed by atoms with Crippen molar-refractivity contribution in [3.8, 4) is 0 Å². The van der Waals surface area contributed by atoms with Gasteiger partial charge in [-0.1, -0.05) is 132 Å². The van der Waals surface area contributed by atoms with Crippen LogP contribution in [-0.2, 0) is 15.8 Å². The molecule has 0 aliphatic heterocycles. The molecule has 2 atom stereocenters. The summed E-state index contributed by atoms with van der Waals surface area (Å²) in [6, 6.07) is 32.2. The van der Waals surface area contributed by atoms with Crippen molar-refractivity contribution in [1.29, 1.82) is 0 Å². The van der Waals surface area contributed by atoms with Crippen LogP contribution in [0.5, 0.6) is 0 Å². The van der Waals surface area contributed by atoms with Crippen molar-refractivity contribution in [2.75, 3.05) is 6.61 Å². The summed E-state index contributed by atoms with van der Waals surface area (Å²) in [5.41, 5.74) is 2.53. The van der Waals surface area contributed by atoms with Crippen LogP contribution in [0.1, 0.15) is 59.9 Å². The highest BCUT2D eigenvalue weighted by molar-refractivity contribution is 6.99. The van der Waals surface area contributed by atoms with E-state index in [2.05, 4.69) is 133 Å². The summed E-state index contributed by atoms with van der Waals surface area (Å²) in [6.45, 7) is 15.1. The molecule has 0 saturated carbocycles. The molecule has 192 valence electrons. The maximum atomic E-state index is 7.13. The Morgan fingerprint density at radius 2 is 1.33 bits per heavy atom. The molecule has 3 heteroatoms. The molecule has 3 aromatic carbocycles. The van der Waals surface area contributed by atoms with Crippen molar-refractivity contribution in [2.45, 2.75) is 72.1 Å². The average molecular weight is 501 g/mol. The van der Waals surface area contributed by atoms with Crippen LogP contribution in [-0.4, -0.2) is 21.0 Å². The lowest BCUT2D eigenvalue weighted by atomic mass is 10.0. The van der Waals surface area contributed by atoms with E-state index in [-0.39, 0.29) is 11.1 Å². The van der Waals surface area contributed by atoms with Crippen molar-refractivity contribution >= 4 is 18.7 Å². The Morgan fingerprint density at radius 3 is 1.81 bits per heavy atom. The van der Waals surface area contributed by atoms with Gasteiger partial charge in [0.15, 0.2) is 0 Å². The quantitative estimate of drug-likeness (QED) is 0.189. The maximum absolute atomic E-state index is 7.13. The molecule has 3 aromatic rings. The normalized spacial score (nSPS) is 14.4. The molecule has 0 fully saturated rings. The van der Waals surface area contributed by atoms with Gasteiger partial charge in [0.1, 0.15) is 0 Å². The second-order valence-corrected chi connectivity index (χ2v) is 15.3. The molecule has 0 bridgehead atoms. The van der Waals surface area contributed by atoms with Crippen molar-refractivity contribution in [1.82, 2.24) is 0 Å². The van der Waals surface area contributed by atoms with Gasteiger partial charge < -0.3 is 9.16 Å². The van der Waals surface area contributed by atoms with Gasteiger partial charge in [-0.2, -0.15) is 0 Å². The van der Waals surface area contributed by atoms with E-state index in [4.69, 9.17) is 9.16 Å². The van der Waals surface area contributed by atoms with Gasteiger partial charge in [0.2, 0.25) is 0 Å². The molecular weight excluding hydrogens is 456 g/mol. The summed E-state index contributed by atoms with van der Waals surface area (Å²) in [7, 11) is -2.49. The van der Waals surface area contributed by atoms with E-state index in [1.165, 1.54) is 21.5 Å². The number of ether oxygens (including phenoxy) is 1. The molecule has 0 aliphatic carbocycles. The van der Waals surface area contributed by atoms with Crippen molar-refractivity contribution in [3.05, 3.63) is 108 Å². The summed E-state index contributed by atoms with van der Waals surface area (Å²) >= 11 is 0. The molecule has 0 unspecified atom stereocenters. The molecular formula is C33H44O2Si. The van der Waals surface area contributed by atoms with E-state index in [0.717, 1.165) is 19.4 Å². The Bertz CT molecular complexity index is 1020. The summed E-state index contributed by atoms with van der Waals surface area (Å²) in [6.07, 6.45) is 4.46. The van der Waals surface area contributed by atoms with Crippen LogP contribution in [0.15, 0.2) is 103 Å². The van der Waals surface area contributed by atoms with Gasteiger partial charge in [0.05, 0.1) is 12.7 Å². The summed E-state index contributed by atoms with van der Waals surface area (Å²) in [5, 5.41) is 2.67. The van der Waals surface area contributed by atoms with E-state index in [1.807, 2.05) is 6.07 Å². The smallest absolute Gasteiger partial charge is 0.261 e. The maximum Gasteiger partial charge on any atom is 0.261 e. The van der Waals surface area contributed by atoms with E-state index in [0.29, 0.717) is 12.5 Å². The third-order valence-corrected chi connectivity index (χ3v) is 12.0. The minimum atomic E-state index is -2.49. The number of allylic oxidation sites excluding steroid dienone is 1. The molecule has 0 saturated heterocycles. The standard InChI is InChI=1S/C33H44O2Si/c1-7-32(34-26-29-17-11-8-12-18-29)28(3)24-23-27(2)25-35-36(33(4,5)6,30-19-13-9-14-20-30)31-21-15-10-16-22-31/h8-22,24,27,32H,7,23,25-26H2,1-6H3/b28-24+/t27-,32-/m0/s1. The molecule has 36 heavy (non-hydrogen) atoms. The fourth-order valence-electron chi connectivity index (χ4n) is 4.96. The third-order valence-electron chi connectivity index (χ3n) is 7.02. The number of hydrogen-bond acceptors (Lipinski definition) is 2. The zero-order valence-electron chi connectivity index (χ0n) is 23.0. The first-order valence-corrected chi connectivity index (χ1v) is 15.3. The number of hydrogen-bond donors (Lipinski definition) is 0. The van der Waals surface area contributed by atoms with E-state index in [9.17, 15) is 0 Å². The second kappa shape index (κ2) is 13.2. The SMILES string of the molecule is CC[C@H](OCc1ccccc1)/C(C)=C/C[C@H](C)CO[Si](c1ccccc1)(c1ccccc1)C(C)(C)C. The minimum absolute atomic E-state index is 0.000231. The lowest BCUT2D eigenvalue weighted by Crippen LogP contribution is -2.66. The second-order valence-electron chi connectivity index (χ2n) is 11.0. The van der Waals surface area contributed by atoms with Crippen molar-refractivity contribution < 1.29 is 9.16 Å². The highest BCUT2D eigenvalue weighted by Gasteiger charge is 2.50. The van der Waals surface area contributed by atoms with Crippen LogP contribution in [0, 0.1) is 5.92 Å². The highest BCUT2D eigenvalue weighted by atomic mass is 28.4. The van der Waals surface area contributed by atoms with Gasteiger partial charge in [-0.25, -0.2) is 0 Å². The van der Waals surface area contributed by atoms with Crippen LogP contribution < -0.4 is 10.4 Å².